The molecule has 3 aromatic carbocycles. The maximum Gasteiger partial charge on any atom is 0.287 e. The van der Waals surface area contributed by atoms with Crippen LogP contribution in [0, 0.1) is 0 Å². The van der Waals surface area contributed by atoms with Crippen LogP contribution in [-0.4, -0.2) is 25.0 Å². The van der Waals surface area contributed by atoms with Crippen LogP contribution in [0.2, 0.25) is 0 Å². The van der Waals surface area contributed by atoms with Gasteiger partial charge in [0.1, 0.15) is 11.5 Å². The Morgan fingerprint density at radius 3 is 2.43 bits per heavy atom. The molecular weight excluding hydrogens is 444 g/mol. The number of benzene rings is 3. The van der Waals surface area contributed by atoms with Gasteiger partial charge in [-0.2, -0.15) is 0 Å². The molecule has 4 aromatic rings. The average molecular weight is 466 g/mol. The summed E-state index contributed by atoms with van der Waals surface area (Å²) >= 11 is 0. The van der Waals surface area contributed by atoms with Crippen molar-refractivity contribution in [2.75, 3.05) is 14.2 Å². The fraction of sp³-hybridized carbons (Fsp3) is 0.125. The first-order valence-electron chi connectivity index (χ1n) is 9.27. The van der Waals surface area contributed by atoms with E-state index in [1.807, 2.05) is 72.9 Å². The number of fused-ring (bicyclic) bond motifs is 1. The van der Waals surface area contributed by atoms with Crippen LogP contribution < -0.4 is 14.0 Å². The van der Waals surface area contributed by atoms with Gasteiger partial charge in [-0.15, -0.1) is 17.0 Å². The maximum absolute atomic E-state index is 12.7. The van der Waals surface area contributed by atoms with Gasteiger partial charge in [-0.05, 0) is 34.0 Å². The second kappa shape index (κ2) is 9.50. The average Bonchev–Trinajstić information content (AvgIpc) is 2.78. The molecule has 0 unspecified atom stereocenters. The molecule has 4 rings (SSSR count). The van der Waals surface area contributed by atoms with Gasteiger partial charge in [0.05, 0.1) is 26.0 Å². The molecule has 30 heavy (non-hydrogen) atoms. The zero-order valence-electron chi connectivity index (χ0n) is 16.7. The second-order valence-corrected chi connectivity index (χ2v) is 6.67. The van der Waals surface area contributed by atoms with E-state index in [1.54, 1.807) is 25.1 Å². The Hall–Kier alpha value is -3.25. The molecule has 5 nitrogen and oxygen atoms in total. The van der Waals surface area contributed by atoms with E-state index in [4.69, 9.17) is 9.47 Å². The zero-order valence-corrected chi connectivity index (χ0v) is 18.5. The van der Waals surface area contributed by atoms with Gasteiger partial charge in [0, 0.05) is 17.7 Å². The molecule has 1 aromatic heterocycles. The molecule has 152 valence electrons. The van der Waals surface area contributed by atoms with Crippen molar-refractivity contribution in [2.45, 2.75) is 6.54 Å². The zero-order chi connectivity index (χ0) is 20.2. The minimum absolute atomic E-state index is 0. The van der Waals surface area contributed by atoms with Crippen LogP contribution in [0.1, 0.15) is 10.4 Å². The summed E-state index contributed by atoms with van der Waals surface area (Å²) in [5.41, 5.74) is 2.32. The Labute approximate surface area is 185 Å². The first-order chi connectivity index (χ1) is 14.2. The molecule has 0 saturated carbocycles. The molecule has 0 aliphatic carbocycles. The van der Waals surface area contributed by atoms with Crippen molar-refractivity contribution in [2.24, 2.45) is 0 Å². The predicted molar refractivity (Wildman–Crippen MR) is 122 cm³/mol. The maximum atomic E-state index is 12.7. The highest BCUT2D eigenvalue weighted by molar-refractivity contribution is 8.93. The number of Topliss-reactive ketones (excluding diaryl/α,β-unsaturated/α-hetero) is 1. The van der Waals surface area contributed by atoms with E-state index in [0.29, 0.717) is 11.3 Å². The lowest BCUT2D eigenvalue weighted by atomic mass is 10.0. The third kappa shape index (κ3) is 4.49. The number of rotatable bonds is 6. The molecule has 0 aliphatic heterocycles. The predicted octanol–water partition coefficient (Wildman–Crippen LogP) is 4.67. The first-order valence-corrected chi connectivity index (χ1v) is 9.27. The van der Waals surface area contributed by atoms with E-state index in [2.05, 4.69) is 4.98 Å². The van der Waals surface area contributed by atoms with Crippen LogP contribution in [0.4, 0.5) is 0 Å². The molecule has 0 fully saturated rings. The molecule has 1 heterocycles. The topological polar surface area (TPSA) is 52.3 Å². The van der Waals surface area contributed by atoms with Crippen LogP contribution in [0.3, 0.4) is 0 Å². The van der Waals surface area contributed by atoms with Gasteiger partial charge in [-0.3, -0.25) is 4.79 Å². The van der Waals surface area contributed by atoms with Gasteiger partial charge in [-0.25, -0.2) is 4.57 Å². The quantitative estimate of drug-likeness (QED) is 0.306. The normalized spacial score (nSPS) is 10.3. The fourth-order valence-electron chi connectivity index (χ4n) is 3.27. The number of hydrogen-bond acceptors (Lipinski definition) is 4. The van der Waals surface area contributed by atoms with Crippen LogP contribution in [-0.2, 0) is 6.54 Å². The SMILES string of the molecule is Br.COc1ccc(-c2cc[n+](CC(=O)c3ccc4ccccc4c3)cn2)c(OC)c1. The lowest BCUT2D eigenvalue weighted by molar-refractivity contribution is -0.686. The Kier molecular flexibility index (Phi) is 6.79. The molecule has 0 N–H and O–H groups in total. The molecule has 0 atom stereocenters. The van der Waals surface area contributed by atoms with Crippen LogP contribution >= 0.6 is 17.0 Å². The first kappa shape index (κ1) is 21.5. The third-order valence-corrected chi connectivity index (χ3v) is 4.85. The summed E-state index contributed by atoms with van der Waals surface area (Å²) in [4.78, 5) is 17.2. The Bertz CT molecular complexity index is 1180. The number of halogens is 1. The summed E-state index contributed by atoms with van der Waals surface area (Å²) in [7, 11) is 3.23. The van der Waals surface area contributed by atoms with Gasteiger partial charge >= 0.3 is 0 Å². The highest BCUT2D eigenvalue weighted by atomic mass is 79.9. The molecule has 6 heteroatoms. The van der Waals surface area contributed by atoms with E-state index in [1.165, 1.54) is 0 Å². The van der Waals surface area contributed by atoms with Crippen molar-refractivity contribution in [3.8, 4) is 22.8 Å². The molecular formula is C24H22BrN2O3+. The molecule has 0 radical (unpaired) electrons. The monoisotopic (exact) mass is 465 g/mol. The van der Waals surface area contributed by atoms with Crippen molar-refractivity contribution in [3.63, 3.8) is 0 Å². The molecule has 0 saturated heterocycles. The number of carbonyl (C=O) groups is 1. The van der Waals surface area contributed by atoms with E-state index in [-0.39, 0.29) is 29.3 Å². The minimum atomic E-state index is 0. The summed E-state index contributed by atoms with van der Waals surface area (Å²) in [5.74, 6) is 1.44. The van der Waals surface area contributed by atoms with Crippen LogP contribution in [0.15, 0.2) is 79.3 Å². The Morgan fingerprint density at radius 1 is 0.933 bits per heavy atom. The summed E-state index contributed by atoms with van der Waals surface area (Å²) in [5, 5.41) is 2.18. The van der Waals surface area contributed by atoms with Crippen LogP contribution in [0.25, 0.3) is 22.0 Å². The van der Waals surface area contributed by atoms with Crippen molar-refractivity contribution < 1.29 is 18.8 Å². The van der Waals surface area contributed by atoms with Crippen molar-refractivity contribution in [3.05, 3.63) is 84.8 Å². The molecule has 0 aliphatic rings. The Balaban J connectivity index is 0.00000256. The van der Waals surface area contributed by atoms with Gasteiger partial charge in [0.2, 0.25) is 5.78 Å². The molecule has 0 spiro atoms. The van der Waals surface area contributed by atoms with Crippen molar-refractivity contribution >= 4 is 33.5 Å². The lowest BCUT2D eigenvalue weighted by Crippen LogP contribution is -2.37. The van der Waals surface area contributed by atoms with E-state index in [0.717, 1.165) is 27.8 Å². The molecule has 0 bridgehead atoms. The van der Waals surface area contributed by atoms with E-state index in [9.17, 15) is 4.79 Å². The highest BCUT2D eigenvalue weighted by Crippen LogP contribution is 2.31. The number of carbonyl (C=O) groups excluding carboxylic acids is 1. The molecule has 0 amide bonds. The number of ether oxygens (including phenoxy) is 2. The van der Waals surface area contributed by atoms with E-state index >= 15 is 0 Å². The lowest BCUT2D eigenvalue weighted by Gasteiger charge is -2.08. The van der Waals surface area contributed by atoms with Gasteiger partial charge in [-0.1, -0.05) is 36.4 Å². The fourth-order valence-corrected chi connectivity index (χ4v) is 3.27. The Morgan fingerprint density at radius 2 is 1.73 bits per heavy atom. The van der Waals surface area contributed by atoms with Gasteiger partial charge in [0.25, 0.3) is 6.33 Å². The number of methoxy groups -OCH3 is 2. The second-order valence-electron chi connectivity index (χ2n) is 6.67. The standard InChI is InChI=1S/C24H21N2O3.BrH/c1-28-20-9-10-21(24(14-20)29-2)22-11-12-26(16-25-22)15-23(27)19-8-7-17-5-3-4-6-18(17)13-19;/h3-14,16H,15H2,1-2H3;1H/q+1;. The van der Waals surface area contributed by atoms with E-state index < -0.39 is 0 Å². The van der Waals surface area contributed by atoms with Crippen LogP contribution in [0.5, 0.6) is 11.5 Å². The summed E-state index contributed by atoms with van der Waals surface area (Å²) < 4.78 is 12.5. The van der Waals surface area contributed by atoms with Gasteiger partial charge < -0.3 is 9.47 Å². The number of aromatic nitrogens is 2. The number of nitrogens with zero attached hydrogens (tertiary/aromatic N) is 2. The number of hydrogen-bond donors (Lipinski definition) is 0. The smallest absolute Gasteiger partial charge is 0.287 e. The summed E-state index contributed by atoms with van der Waals surface area (Å²) in [6.07, 6.45) is 3.52. The summed E-state index contributed by atoms with van der Waals surface area (Å²) in [6, 6.07) is 21.3. The van der Waals surface area contributed by atoms with Crippen molar-refractivity contribution in [1.82, 2.24) is 4.98 Å². The minimum Gasteiger partial charge on any atom is -0.497 e. The number of ketones is 1. The van der Waals surface area contributed by atoms with Gasteiger partial charge in [0.15, 0.2) is 12.2 Å². The third-order valence-electron chi connectivity index (χ3n) is 4.85. The largest absolute Gasteiger partial charge is 0.497 e. The highest BCUT2D eigenvalue weighted by Gasteiger charge is 2.15. The summed E-state index contributed by atoms with van der Waals surface area (Å²) in [6.45, 7) is 0.228. The van der Waals surface area contributed by atoms with Crippen molar-refractivity contribution in [1.29, 1.82) is 0 Å².